The quantitative estimate of drug-likeness (QED) is 0.783. The molecule has 0 radical (unpaired) electrons. The Morgan fingerprint density at radius 1 is 1.29 bits per heavy atom. The molecule has 0 aromatic heterocycles. The molecule has 1 atom stereocenters. The summed E-state index contributed by atoms with van der Waals surface area (Å²) >= 11 is 0. The smallest absolute Gasteiger partial charge is 0.325 e. The molecule has 1 aliphatic heterocycles. The van der Waals surface area contributed by atoms with Gasteiger partial charge in [-0.2, -0.15) is 0 Å². The van der Waals surface area contributed by atoms with E-state index in [1.807, 2.05) is 18.2 Å². The maximum absolute atomic E-state index is 12.2. The number of nitrogens with zero attached hydrogens (tertiary/aromatic N) is 1. The van der Waals surface area contributed by atoms with E-state index in [2.05, 4.69) is 5.32 Å². The number of methoxy groups -OCH3 is 1. The fraction of sp³-hybridized carbons (Fsp3) is 0.333. The molecule has 1 aromatic carbocycles. The third kappa shape index (κ3) is 1.68. The van der Waals surface area contributed by atoms with E-state index >= 15 is 0 Å². The number of rotatable bonds is 3. The van der Waals surface area contributed by atoms with Crippen molar-refractivity contribution >= 4 is 11.9 Å². The molecule has 3 amide bonds. The molecule has 0 bridgehead atoms. The summed E-state index contributed by atoms with van der Waals surface area (Å²) in [4.78, 5) is 24.9. The van der Waals surface area contributed by atoms with Crippen LogP contribution in [0.2, 0.25) is 0 Å². The maximum atomic E-state index is 12.2. The van der Waals surface area contributed by atoms with Gasteiger partial charge in [0, 0.05) is 14.2 Å². The molecule has 0 spiro atoms. The van der Waals surface area contributed by atoms with Crippen LogP contribution in [0.25, 0.3) is 0 Å². The van der Waals surface area contributed by atoms with Gasteiger partial charge in [-0.3, -0.25) is 9.69 Å². The van der Waals surface area contributed by atoms with Crippen LogP contribution in [0.5, 0.6) is 0 Å². The first-order valence-electron chi connectivity index (χ1n) is 5.26. The highest BCUT2D eigenvalue weighted by molar-refractivity contribution is 6.07. The molecule has 1 aromatic rings. The number of hydrogen-bond acceptors (Lipinski definition) is 3. The van der Waals surface area contributed by atoms with Gasteiger partial charge in [-0.05, 0) is 5.56 Å². The van der Waals surface area contributed by atoms with E-state index in [0.717, 1.165) is 10.5 Å². The third-order valence-electron chi connectivity index (χ3n) is 2.92. The lowest BCUT2D eigenvalue weighted by Gasteiger charge is -2.25. The molecule has 90 valence electrons. The van der Waals surface area contributed by atoms with Crippen LogP contribution in [0.4, 0.5) is 4.79 Å². The monoisotopic (exact) mass is 234 g/mol. The Morgan fingerprint density at radius 3 is 2.41 bits per heavy atom. The molecular formula is C12H14N2O3. The summed E-state index contributed by atoms with van der Waals surface area (Å²) in [5.41, 5.74) is -0.369. The number of hydrogen-bond donors (Lipinski definition) is 1. The number of imide groups is 1. The Hall–Kier alpha value is -1.88. The summed E-state index contributed by atoms with van der Waals surface area (Å²) in [5, 5.41) is 2.70. The summed E-state index contributed by atoms with van der Waals surface area (Å²) < 4.78 is 5.09. The van der Waals surface area contributed by atoms with Gasteiger partial charge in [0.2, 0.25) is 0 Å². The molecule has 2 rings (SSSR count). The first kappa shape index (κ1) is 11.6. The lowest BCUT2D eigenvalue weighted by Crippen LogP contribution is -2.47. The van der Waals surface area contributed by atoms with Crippen molar-refractivity contribution in [1.29, 1.82) is 0 Å². The Labute approximate surface area is 99.4 Å². The van der Waals surface area contributed by atoms with E-state index in [0.29, 0.717) is 0 Å². The zero-order valence-corrected chi connectivity index (χ0v) is 9.77. The molecular weight excluding hydrogens is 220 g/mol. The number of amides is 3. The zero-order valence-electron chi connectivity index (χ0n) is 9.77. The van der Waals surface area contributed by atoms with Gasteiger partial charge in [-0.25, -0.2) is 4.79 Å². The number of benzene rings is 1. The van der Waals surface area contributed by atoms with Crippen molar-refractivity contribution in [1.82, 2.24) is 10.2 Å². The van der Waals surface area contributed by atoms with Gasteiger partial charge in [0.15, 0.2) is 5.54 Å². The number of urea groups is 1. The molecule has 0 saturated carbocycles. The molecule has 1 fully saturated rings. The van der Waals surface area contributed by atoms with Crippen molar-refractivity contribution in [3.8, 4) is 0 Å². The Balaban J connectivity index is 2.48. The van der Waals surface area contributed by atoms with Gasteiger partial charge < -0.3 is 10.1 Å². The summed E-state index contributed by atoms with van der Waals surface area (Å²) in [6.45, 7) is 0.117. The summed E-state index contributed by atoms with van der Waals surface area (Å²) in [5.74, 6) is -0.296. The van der Waals surface area contributed by atoms with Gasteiger partial charge in [0.1, 0.15) is 0 Å². The number of ether oxygens (including phenoxy) is 1. The van der Waals surface area contributed by atoms with E-state index in [1.54, 1.807) is 12.1 Å². The standard InChI is InChI=1S/C12H14N2O3/c1-14-10(15)12(8-17-2,13-11(14)16)9-6-4-3-5-7-9/h3-7H,8H2,1-2H3,(H,13,16)/t12-/m1/s1. The lowest BCUT2D eigenvalue weighted by molar-refractivity contribution is -0.132. The highest BCUT2D eigenvalue weighted by Gasteiger charge is 2.51. The summed E-state index contributed by atoms with van der Waals surface area (Å²) in [6.07, 6.45) is 0. The SMILES string of the molecule is COC[C@]1(c2ccccc2)NC(=O)N(C)C1=O. The fourth-order valence-electron chi connectivity index (χ4n) is 2.01. The molecule has 0 aliphatic carbocycles. The number of likely N-dealkylation sites (N-methyl/N-ethyl adjacent to an activating group) is 1. The van der Waals surface area contributed by atoms with Gasteiger partial charge in [-0.1, -0.05) is 30.3 Å². The van der Waals surface area contributed by atoms with E-state index in [1.165, 1.54) is 14.2 Å². The van der Waals surface area contributed by atoms with Gasteiger partial charge >= 0.3 is 6.03 Å². The topological polar surface area (TPSA) is 58.6 Å². The summed E-state index contributed by atoms with van der Waals surface area (Å²) in [6, 6.07) is 8.70. The average molecular weight is 234 g/mol. The molecule has 17 heavy (non-hydrogen) atoms. The lowest BCUT2D eigenvalue weighted by atomic mass is 9.91. The highest BCUT2D eigenvalue weighted by Crippen LogP contribution is 2.28. The van der Waals surface area contributed by atoms with Crippen LogP contribution in [0.1, 0.15) is 5.56 Å². The summed E-state index contributed by atoms with van der Waals surface area (Å²) in [7, 11) is 2.96. The number of nitrogens with one attached hydrogen (secondary N) is 1. The molecule has 1 saturated heterocycles. The van der Waals surface area contributed by atoms with Gasteiger partial charge in [0.05, 0.1) is 6.61 Å². The van der Waals surface area contributed by atoms with E-state index in [9.17, 15) is 9.59 Å². The molecule has 0 unspecified atom stereocenters. The molecule has 1 N–H and O–H groups in total. The predicted molar refractivity (Wildman–Crippen MR) is 61.3 cm³/mol. The van der Waals surface area contributed by atoms with Crippen LogP contribution < -0.4 is 5.32 Å². The van der Waals surface area contributed by atoms with Gasteiger partial charge in [-0.15, -0.1) is 0 Å². The minimum atomic E-state index is -1.10. The van der Waals surface area contributed by atoms with Crippen molar-refractivity contribution in [2.75, 3.05) is 20.8 Å². The number of carbonyl (C=O) groups excluding carboxylic acids is 2. The van der Waals surface area contributed by atoms with E-state index in [4.69, 9.17) is 4.74 Å². The van der Waals surface area contributed by atoms with E-state index in [-0.39, 0.29) is 12.5 Å². The largest absolute Gasteiger partial charge is 0.381 e. The van der Waals surface area contributed by atoms with Crippen LogP contribution in [0.15, 0.2) is 30.3 Å². The second kappa shape index (κ2) is 4.18. The van der Waals surface area contributed by atoms with Crippen LogP contribution in [0.3, 0.4) is 0 Å². The number of carbonyl (C=O) groups is 2. The van der Waals surface area contributed by atoms with Crippen LogP contribution in [-0.4, -0.2) is 37.6 Å². The second-order valence-electron chi connectivity index (χ2n) is 4.00. The normalized spacial score (nSPS) is 24.0. The minimum absolute atomic E-state index is 0.117. The van der Waals surface area contributed by atoms with E-state index < -0.39 is 11.6 Å². The Morgan fingerprint density at radius 2 is 1.94 bits per heavy atom. The molecule has 5 nitrogen and oxygen atoms in total. The van der Waals surface area contributed by atoms with Crippen LogP contribution in [0, 0.1) is 0 Å². The van der Waals surface area contributed by atoms with Gasteiger partial charge in [0.25, 0.3) is 5.91 Å². The van der Waals surface area contributed by atoms with Crippen molar-refractivity contribution in [2.45, 2.75) is 5.54 Å². The second-order valence-corrected chi connectivity index (χ2v) is 4.00. The predicted octanol–water partition coefficient (Wildman–Crippen LogP) is 0.710. The fourth-order valence-corrected chi connectivity index (χ4v) is 2.01. The van der Waals surface area contributed by atoms with Crippen molar-refractivity contribution in [2.24, 2.45) is 0 Å². The Kier molecular flexibility index (Phi) is 2.85. The minimum Gasteiger partial charge on any atom is -0.381 e. The molecule has 1 heterocycles. The van der Waals surface area contributed by atoms with Crippen molar-refractivity contribution < 1.29 is 14.3 Å². The Bertz CT molecular complexity index is 446. The first-order chi connectivity index (χ1) is 8.12. The van der Waals surface area contributed by atoms with Crippen molar-refractivity contribution in [3.05, 3.63) is 35.9 Å². The third-order valence-corrected chi connectivity index (χ3v) is 2.92. The molecule has 5 heteroatoms. The van der Waals surface area contributed by atoms with Crippen LogP contribution in [-0.2, 0) is 15.1 Å². The molecule has 1 aliphatic rings. The maximum Gasteiger partial charge on any atom is 0.325 e. The first-order valence-corrected chi connectivity index (χ1v) is 5.26. The highest BCUT2D eigenvalue weighted by atomic mass is 16.5. The van der Waals surface area contributed by atoms with Crippen LogP contribution >= 0.6 is 0 Å². The zero-order chi connectivity index (χ0) is 12.5. The average Bonchev–Trinajstić information content (AvgIpc) is 2.57. The van der Waals surface area contributed by atoms with Crippen molar-refractivity contribution in [3.63, 3.8) is 0 Å².